The maximum Gasteiger partial charge on any atom is 0.325 e. The van der Waals surface area contributed by atoms with Crippen LogP contribution in [0.5, 0.6) is 0 Å². The Morgan fingerprint density at radius 1 is 0.867 bits per heavy atom. The average molecular weight is 527 g/mol. The molecule has 13 nitrogen and oxygen atoms in total. The van der Waals surface area contributed by atoms with Crippen LogP contribution in [0, 0.1) is 0 Å². The standard InChI is InChI=1S/C15H28BrO13P/c16-2-3-26-15-13(11(21)9(19)7(5-17)28-15)29-14-12(22)10(20)8(18)6(27-14)1-4-30(23,24)25/h6-15,17-22H,1-5H2,(H2,23,24,25)/t6?,7?,8-,9-,10+,11+,12?,13?,14-,15+/m1/s1. The molecule has 0 spiro atoms. The third kappa shape index (κ3) is 6.62. The molecule has 0 aromatic rings. The molecule has 15 heteroatoms. The zero-order valence-corrected chi connectivity index (χ0v) is 18.2. The van der Waals surface area contributed by atoms with Crippen molar-refractivity contribution in [2.75, 3.05) is 24.7 Å². The fraction of sp³-hybridized carbons (Fsp3) is 1.00. The van der Waals surface area contributed by atoms with Gasteiger partial charge in [-0.3, -0.25) is 4.57 Å². The third-order valence-electron chi connectivity index (χ3n) is 4.85. The van der Waals surface area contributed by atoms with E-state index in [0.717, 1.165) is 0 Å². The molecule has 8 N–H and O–H groups in total. The molecule has 2 fully saturated rings. The maximum absolute atomic E-state index is 11.1. The molecule has 4 unspecified atom stereocenters. The lowest BCUT2D eigenvalue weighted by molar-refractivity contribution is -0.365. The summed E-state index contributed by atoms with van der Waals surface area (Å²) >= 11 is 3.15. The SMILES string of the molecule is O=P(O)(O)CCC1O[C@H](OC2[C@@H](OCCBr)OC(CO)[C@@H](O)[C@@H]2O)C(O)[C@@H](O)[C@@H]1O. The van der Waals surface area contributed by atoms with E-state index in [1.54, 1.807) is 0 Å². The lowest BCUT2D eigenvalue weighted by atomic mass is 9.96. The highest BCUT2D eigenvalue weighted by atomic mass is 79.9. The number of rotatable bonds is 9. The molecule has 178 valence electrons. The average Bonchev–Trinajstić information content (AvgIpc) is 2.69. The number of ether oxygens (including phenoxy) is 4. The molecule has 2 aliphatic rings. The second kappa shape index (κ2) is 11.4. The molecule has 0 saturated carbocycles. The van der Waals surface area contributed by atoms with Gasteiger partial charge in [-0.2, -0.15) is 0 Å². The highest BCUT2D eigenvalue weighted by Gasteiger charge is 2.51. The van der Waals surface area contributed by atoms with Crippen molar-refractivity contribution >= 4 is 23.5 Å². The van der Waals surface area contributed by atoms with Gasteiger partial charge in [0, 0.05) is 5.33 Å². The van der Waals surface area contributed by atoms with E-state index < -0.39 is 81.8 Å². The van der Waals surface area contributed by atoms with Crippen LogP contribution in [0.2, 0.25) is 0 Å². The van der Waals surface area contributed by atoms with Crippen molar-refractivity contribution in [2.24, 2.45) is 0 Å². The highest BCUT2D eigenvalue weighted by molar-refractivity contribution is 9.09. The van der Waals surface area contributed by atoms with Crippen molar-refractivity contribution in [1.82, 2.24) is 0 Å². The van der Waals surface area contributed by atoms with Crippen LogP contribution in [-0.4, -0.2) is 127 Å². The van der Waals surface area contributed by atoms with Crippen molar-refractivity contribution in [1.29, 1.82) is 0 Å². The van der Waals surface area contributed by atoms with Crippen LogP contribution in [0.3, 0.4) is 0 Å². The van der Waals surface area contributed by atoms with Gasteiger partial charge in [0.25, 0.3) is 0 Å². The molecule has 2 rings (SSSR count). The summed E-state index contributed by atoms with van der Waals surface area (Å²) in [5, 5.41) is 60.5. The Labute approximate surface area is 180 Å². The van der Waals surface area contributed by atoms with Gasteiger partial charge in [-0.05, 0) is 6.42 Å². The molecule has 30 heavy (non-hydrogen) atoms. The molecule has 0 amide bonds. The Hall–Kier alpha value is 0.230. The van der Waals surface area contributed by atoms with Gasteiger partial charge in [0.15, 0.2) is 12.6 Å². The molecule has 2 saturated heterocycles. The Balaban J connectivity index is 2.15. The largest absolute Gasteiger partial charge is 0.394 e. The van der Waals surface area contributed by atoms with Crippen LogP contribution in [0.15, 0.2) is 0 Å². The Kier molecular flexibility index (Phi) is 10.1. The zero-order chi connectivity index (χ0) is 22.6. The summed E-state index contributed by atoms with van der Waals surface area (Å²) in [4.78, 5) is 18.0. The van der Waals surface area contributed by atoms with E-state index in [0.29, 0.717) is 5.33 Å². The summed E-state index contributed by atoms with van der Waals surface area (Å²) in [6.07, 6.45) is -16.2. The van der Waals surface area contributed by atoms with E-state index in [1.807, 2.05) is 0 Å². The summed E-state index contributed by atoms with van der Waals surface area (Å²) in [6.45, 7) is -0.511. The summed E-state index contributed by atoms with van der Waals surface area (Å²) in [7, 11) is -4.42. The van der Waals surface area contributed by atoms with E-state index in [-0.39, 0.29) is 13.0 Å². The highest BCUT2D eigenvalue weighted by Crippen LogP contribution is 2.37. The van der Waals surface area contributed by atoms with Gasteiger partial charge in [0.2, 0.25) is 0 Å². The lowest BCUT2D eigenvalue weighted by Gasteiger charge is -2.46. The molecule has 0 radical (unpaired) electrons. The molecule has 2 heterocycles. The quantitative estimate of drug-likeness (QED) is 0.109. The number of aliphatic hydroxyl groups excluding tert-OH is 6. The van der Waals surface area contributed by atoms with E-state index in [1.165, 1.54) is 0 Å². The minimum absolute atomic E-state index is 0.103. The number of alkyl halides is 1. The zero-order valence-electron chi connectivity index (χ0n) is 15.8. The fourth-order valence-electron chi connectivity index (χ4n) is 3.21. The Morgan fingerprint density at radius 3 is 2.03 bits per heavy atom. The van der Waals surface area contributed by atoms with Gasteiger partial charge >= 0.3 is 7.60 Å². The van der Waals surface area contributed by atoms with Crippen molar-refractivity contribution in [3.05, 3.63) is 0 Å². The van der Waals surface area contributed by atoms with Crippen molar-refractivity contribution in [2.45, 2.75) is 67.8 Å². The normalized spacial score (nSPS) is 43.0. The molecule has 2 aliphatic heterocycles. The predicted octanol–water partition coefficient (Wildman–Crippen LogP) is -3.40. The summed E-state index contributed by atoms with van der Waals surface area (Å²) in [6, 6.07) is 0. The first-order chi connectivity index (χ1) is 14.0. The first-order valence-corrected chi connectivity index (χ1v) is 12.1. The summed E-state index contributed by atoms with van der Waals surface area (Å²) in [5.74, 6) is 0. The second-order valence-corrected chi connectivity index (χ2v) is 9.63. The minimum atomic E-state index is -4.42. The van der Waals surface area contributed by atoms with Gasteiger partial charge in [-0.1, -0.05) is 15.9 Å². The van der Waals surface area contributed by atoms with E-state index in [4.69, 9.17) is 28.7 Å². The second-order valence-electron chi connectivity index (χ2n) is 7.06. The smallest absolute Gasteiger partial charge is 0.325 e. The van der Waals surface area contributed by atoms with Crippen LogP contribution < -0.4 is 0 Å². The van der Waals surface area contributed by atoms with Gasteiger partial charge in [0.1, 0.15) is 42.7 Å². The molecule has 0 aromatic heterocycles. The van der Waals surface area contributed by atoms with Crippen LogP contribution in [-0.2, 0) is 23.5 Å². The summed E-state index contributed by atoms with van der Waals surface area (Å²) in [5.41, 5.74) is 0. The fourth-order valence-corrected chi connectivity index (χ4v) is 3.99. The van der Waals surface area contributed by atoms with Gasteiger partial charge in [0.05, 0.1) is 25.5 Å². The van der Waals surface area contributed by atoms with Crippen molar-refractivity contribution < 1.29 is 63.9 Å². The molecule has 0 aliphatic carbocycles. The topological polar surface area (TPSA) is 216 Å². The number of hydrogen-bond acceptors (Lipinski definition) is 11. The number of aliphatic hydroxyl groups is 6. The predicted molar refractivity (Wildman–Crippen MR) is 101 cm³/mol. The molecule has 0 aromatic carbocycles. The van der Waals surface area contributed by atoms with Crippen LogP contribution in [0.1, 0.15) is 6.42 Å². The first kappa shape index (κ1) is 26.5. The first-order valence-electron chi connectivity index (χ1n) is 9.20. The Bertz CT molecular complexity index is 579. The van der Waals surface area contributed by atoms with Crippen LogP contribution in [0.25, 0.3) is 0 Å². The van der Waals surface area contributed by atoms with Gasteiger partial charge < -0.3 is 59.4 Å². The Morgan fingerprint density at radius 2 is 1.47 bits per heavy atom. The monoisotopic (exact) mass is 526 g/mol. The van der Waals surface area contributed by atoms with Crippen LogP contribution in [0.4, 0.5) is 0 Å². The third-order valence-corrected chi connectivity index (χ3v) is 6.01. The summed E-state index contributed by atoms with van der Waals surface area (Å²) < 4.78 is 32.8. The lowest BCUT2D eigenvalue weighted by Crippen LogP contribution is -2.64. The molecular formula is C15H28BrO13P. The van der Waals surface area contributed by atoms with E-state index >= 15 is 0 Å². The van der Waals surface area contributed by atoms with E-state index in [9.17, 15) is 35.2 Å². The van der Waals surface area contributed by atoms with Crippen molar-refractivity contribution in [3.63, 3.8) is 0 Å². The number of hydrogen-bond donors (Lipinski definition) is 8. The molecule has 10 atom stereocenters. The molecule has 0 bridgehead atoms. The van der Waals surface area contributed by atoms with E-state index in [2.05, 4.69) is 15.9 Å². The van der Waals surface area contributed by atoms with Crippen molar-refractivity contribution in [3.8, 4) is 0 Å². The van der Waals surface area contributed by atoms with Gasteiger partial charge in [-0.15, -0.1) is 0 Å². The van der Waals surface area contributed by atoms with Crippen LogP contribution >= 0.6 is 23.5 Å². The number of halogens is 1. The minimum Gasteiger partial charge on any atom is -0.394 e. The van der Waals surface area contributed by atoms with Gasteiger partial charge in [-0.25, -0.2) is 0 Å². The maximum atomic E-state index is 11.1. The molecular weight excluding hydrogens is 499 g/mol.